The van der Waals surface area contributed by atoms with E-state index >= 15 is 0 Å². The molecule has 1 aromatic carbocycles. The summed E-state index contributed by atoms with van der Waals surface area (Å²) in [4.78, 5) is 28.8. The minimum atomic E-state index is -0.894. The minimum Gasteiger partial charge on any atom is -0.480 e. The van der Waals surface area contributed by atoms with Crippen LogP contribution in [0.25, 0.3) is 0 Å². The van der Waals surface area contributed by atoms with Gasteiger partial charge < -0.3 is 15.8 Å². The van der Waals surface area contributed by atoms with Crippen molar-refractivity contribution in [2.45, 2.75) is 32.2 Å². The van der Waals surface area contributed by atoms with E-state index in [0.717, 1.165) is 6.07 Å². The van der Waals surface area contributed by atoms with Crippen LogP contribution in [0.4, 0.5) is 8.78 Å². The molecular formula is C20H23F2N3O3. The van der Waals surface area contributed by atoms with Gasteiger partial charge >= 0.3 is 0 Å². The maximum Gasteiger partial charge on any atom is 0.253 e. The second kappa shape index (κ2) is 10.5. The molecule has 0 aliphatic carbocycles. The quantitative estimate of drug-likeness (QED) is 0.607. The number of aromatic nitrogens is 1. The summed E-state index contributed by atoms with van der Waals surface area (Å²) in [6.07, 6.45) is 4.52. The number of nitrogens with two attached hydrogens (primary N) is 1. The topological polar surface area (TPSA) is 94.3 Å². The zero-order chi connectivity index (χ0) is 20.5. The van der Waals surface area contributed by atoms with Crippen molar-refractivity contribution < 1.29 is 23.1 Å². The number of benzene rings is 1. The molecule has 2 aromatic rings. The zero-order valence-electron chi connectivity index (χ0n) is 15.6. The molecule has 0 spiro atoms. The molecule has 0 aliphatic heterocycles. The molecule has 3 N–H and O–H groups in total. The fourth-order valence-corrected chi connectivity index (χ4v) is 2.55. The van der Waals surface area contributed by atoms with Crippen LogP contribution in [0.3, 0.4) is 0 Å². The maximum atomic E-state index is 14.0. The van der Waals surface area contributed by atoms with Crippen LogP contribution in [-0.2, 0) is 4.79 Å². The second-order valence-electron chi connectivity index (χ2n) is 6.31. The van der Waals surface area contributed by atoms with Crippen molar-refractivity contribution in [1.29, 1.82) is 0 Å². The number of carbonyl (C=O) groups excluding carboxylic acids is 2. The van der Waals surface area contributed by atoms with E-state index in [1.54, 1.807) is 12.1 Å². The van der Waals surface area contributed by atoms with Crippen molar-refractivity contribution in [2.24, 2.45) is 5.73 Å². The van der Waals surface area contributed by atoms with Crippen LogP contribution in [0, 0.1) is 18.6 Å². The Morgan fingerprint density at radius 1 is 1.25 bits per heavy atom. The van der Waals surface area contributed by atoms with E-state index in [1.165, 1.54) is 25.4 Å². The lowest BCUT2D eigenvalue weighted by molar-refractivity contribution is -0.123. The maximum absolute atomic E-state index is 14.0. The van der Waals surface area contributed by atoms with Crippen molar-refractivity contribution in [1.82, 2.24) is 10.3 Å². The number of pyridine rings is 1. The largest absolute Gasteiger partial charge is 0.480 e. The Morgan fingerprint density at radius 2 is 2.04 bits per heavy atom. The Morgan fingerprint density at radius 3 is 2.71 bits per heavy atom. The fourth-order valence-electron chi connectivity index (χ4n) is 2.55. The summed E-state index contributed by atoms with van der Waals surface area (Å²) in [6, 6.07) is 4.66. The van der Waals surface area contributed by atoms with Crippen molar-refractivity contribution in [3.05, 3.63) is 59.4 Å². The Kier molecular flexibility index (Phi) is 8.01. The summed E-state index contributed by atoms with van der Waals surface area (Å²) in [5, 5.41) is 2.63. The van der Waals surface area contributed by atoms with Crippen LogP contribution in [0.15, 0.2) is 36.7 Å². The van der Waals surface area contributed by atoms with Gasteiger partial charge in [-0.2, -0.15) is 0 Å². The van der Waals surface area contributed by atoms with Crippen molar-refractivity contribution >= 4 is 11.7 Å². The van der Waals surface area contributed by atoms with Gasteiger partial charge in [0.25, 0.3) is 5.91 Å². The van der Waals surface area contributed by atoms with E-state index in [4.69, 9.17) is 10.5 Å². The van der Waals surface area contributed by atoms with Crippen molar-refractivity contribution in [3.8, 4) is 5.75 Å². The van der Waals surface area contributed by atoms with Crippen molar-refractivity contribution in [2.75, 3.05) is 13.2 Å². The van der Waals surface area contributed by atoms with E-state index in [9.17, 15) is 18.4 Å². The standard InChI is InChI=1S/C20H23F2N3O3/c1-13-7-8-15(21)19(18(13)22)28-12-17(26)16(6-2-3-9-23)25-20(27)14-5-4-10-24-11-14/h4-5,7-8,10-11,16H,2-3,6,9,12,23H2,1H3,(H,25,27)/t16-/m0/s1. The molecule has 1 aromatic heterocycles. The van der Waals surface area contributed by atoms with Gasteiger partial charge in [-0.1, -0.05) is 6.07 Å². The molecule has 0 fully saturated rings. The van der Waals surface area contributed by atoms with Gasteiger partial charge in [-0.15, -0.1) is 0 Å². The third-order valence-electron chi connectivity index (χ3n) is 4.17. The fraction of sp³-hybridized carbons (Fsp3) is 0.350. The minimum absolute atomic E-state index is 0.202. The van der Waals surface area contributed by atoms with E-state index in [1.807, 2.05) is 0 Å². The summed E-state index contributed by atoms with van der Waals surface area (Å²) in [7, 11) is 0. The van der Waals surface area contributed by atoms with Crippen LogP contribution < -0.4 is 15.8 Å². The SMILES string of the molecule is Cc1ccc(F)c(OCC(=O)[C@H](CCCCN)NC(=O)c2cccnc2)c1F. The number of hydrogen-bond acceptors (Lipinski definition) is 5. The van der Waals surface area contributed by atoms with E-state index in [0.29, 0.717) is 31.4 Å². The number of ketones is 1. The molecule has 0 aliphatic rings. The van der Waals surface area contributed by atoms with E-state index in [-0.39, 0.29) is 5.56 Å². The number of unbranched alkanes of at least 4 members (excludes halogenated alkanes) is 1. The number of halogens is 2. The number of rotatable bonds is 10. The molecule has 28 heavy (non-hydrogen) atoms. The van der Waals surface area contributed by atoms with Gasteiger partial charge in [0.1, 0.15) is 6.61 Å². The summed E-state index contributed by atoms with van der Waals surface area (Å²) in [6.45, 7) is 1.35. The van der Waals surface area contributed by atoms with Crippen molar-refractivity contribution in [3.63, 3.8) is 0 Å². The lowest BCUT2D eigenvalue weighted by Crippen LogP contribution is -2.43. The molecule has 8 heteroatoms. The highest BCUT2D eigenvalue weighted by atomic mass is 19.1. The number of ether oxygens (including phenoxy) is 1. The third kappa shape index (κ3) is 5.82. The molecule has 0 radical (unpaired) electrons. The van der Waals surface area contributed by atoms with Gasteiger partial charge in [-0.3, -0.25) is 14.6 Å². The molecule has 1 amide bonds. The number of aryl methyl sites for hydroxylation is 1. The van der Waals surface area contributed by atoms with Crippen LogP contribution in [0.1, 0.15) is 35.2 Å². The molecule has 0 saturated carbocycles. The third-order valence-corrected chi connectivity index (χ3v) is 4.17. The van der Waals surface area contributed by atoms with Crippen LogP contribution >= 0.6 is 0 Å². The van der Waals surface area contributed by atoms with E-state index in [2.05, 4.69) is 10.3 Å². The molecule has 6 nitrogen and oxygen atoms in total. The zero-order valence-corrected chi connectivity index (χ0v) is 15.6. The Labute approximate surface area is 162 Å². The average molecular weight is 391 g/mol. The smallest absolute Gasteiger partial charge is 0.253 e. The monoisotopic (exact) mass is 391 g/mol. The Balaban J connectivity index is 2.06. The van der Waals surface area contributed by atoms with Crippen LogP contribution in [0.2, 0.25) is 0 Å². The van der Waals surface area contributed by atoms with Crippen LogP contribution in [0.5, 0.6) is 5.75 Å². The number of nitrogens with one attached hydrogen (secondary N) is 1. The first-order valence-corrected chi connectivity index (χ1v) is 8.95. The summed E-state index contributed by atoms with van der Waals surface area (Å²) in [5.74, 6) is -3.31. The van der Waals surface area contributed by atoms with Gasteiger partial charge in [0.05, 0.1) is 11.6 Å². The molecule has 0 bridgehead atoms. The number of nitrogens with zero attached hydrogens (tertiary/aromatic N) is 1. The molecule has 2 rings (SSSR count). The predicted molar refractivity (Wildman–Crippen MR) is 100.0 cm³/mol. The molecule has 1 atom stereocenters. The highest BCUT2D eigenvalue weighted by molar-refractivity contribution is 5.98. The van der Waals surface area contributed by atoms with Gasteiger partial charge in [-0.05, 0) is 56.5 Å². The van der Waals surface area contributed by atoms with Gasteiger partial charge in [-0.25, -0.2) is 8.78 Å². The first-order valence-electron chi connectivity index (χ1n) is 8.95. The average Bonchev–Trinajstić information content (AvgIpc) is 2.70. The number of carbonyl (C=O) groups is 2. The first kappa shape index (κ1) is 21.4. The van der Waals surface area contributed by atoms with Gasteiger partial charge in [0, 0.05) is 12.4 Å². The van der Waals surface area contributed by atoms with Gasteiger partial charge in [0.15, 0.2) is 23.2 Å². The van der Waals surface area contributed by atoms with Gasteiger partial charge in [0.2, 0.25) is 0 Å². The summed E-state index contributed by atoms with van der Waals surface area (Å²) >= 11 is 0. The number of amides is 1. The van der Waals surface area contributed by atoms with Crippen LogP contribution in [-0.4, -0.2) is 35.9 Å². The Hall–Kier alpha value is -2.87. The normalized spacial score (nSPS) is 11.7. The lowest BCUT2D eigenvalue weighted by Gasteiger charge is -2.18. The molecular weight excluding hydrogens is 368 g/mol. The highest BCUT2D eigenvalue weighted by Gasteiger charge is 2.23. The summed E-state index contributed by atoms with van der Waals surface area (Å²) in [5.41, 5.74) is 5.98. The molecule has 0 saturated heterocycles. The number of hydrogen-bond donors (Lipinski definition) is 2. The lowest BCUT2D eigenvalue weighted by atomic mass is 10.0. The number of Topliss-reactive ketones (excluding diaryl/α,β-unsaturated/α-hetero) is 1. The second-order valence-corrected chi connectivity index (χ2v) is 6.31. The summed E-state index contributed by atoms with van der Waals surface area (Å²) < 4.78 is 32.9. The van der Waals surface area contributed by atoms with E-state index < -0.39 is 41.7 Å². The molecule has 150 valence electrons. The molecule has 0 unspecified atom stereocenters. The Bertz CT molecular complexity index is 816. The highest BCUT2D eigenvalue weighted by Crippen LogP contribution is 2.24. The first-order chi connectivity index (χ1) is 13.4. The molecule has 1 heterocycles. The predicted octanol–water partition coefficient (Wildman–Crippen LogP) is 2.54.